The van der Waals surface area contributed by atoms with Crippen molar-refractivity contribution in [2.24, 2.45) is 5.92 Å². The van der Waals surface area contributed by atoms with Crippen molar-refractivity contribution in [1.82, 2.24) is 5.32 Å². The van der Waals surface area contributed by atoms with E-state index in [0.717, 1.165) is 6.54 Å². The molecule has 14 heavy (non-hydrogen) atoms. The van der Waals surface area contributed by atoms with Crippen LogP contribution in [0.25, 0.3) is 0 Å². The normalized spacial score (nSPS) is 21.7. The van der Waals surface area contributed by atoms with Crippen LogP contribution in [0.5, 0.6) is 0 Å². The van der Waals surface area contributed by atoms with Gasteiger partial charge in [0.15, 0.2) is 0 Å². The second-order valence-corrected chi connectivity index (χ2v) is 3.29. The van der Waals surface area contributed by atoms with E-state index in [0.29, 0.717) is 13.0 Å². The van der Waals surface area contributed by atoms with Gasteiger partial charge < -0.3 is 10.1 Å². The Labute approximate surface area is 83.3 Å². The third kappa shape index (κ3) is 3.30. The number of carbonyl (C=O) groups excluding carboxylic acids is 2. The molecule has 1 aliphatic heterocycles. The summed E-state index contributed by atoms with van der Waals surface area (Å²) in [5.74, 6) is -0.382. The summed E-state index contributed by atoms with van der Waals surface area (Å²) in [6.45, 7) is 4.96. The number of nitrogens with one attached hydrogen (secondary N) is 1. The van der Waals surface area contributed by atoms with Gasteiger partial charge in [0.2, 0.25) is 0 Å². The highest BCUT2D eigenvalue weighted by Crippen LogP contribution is 2.10. The van der Waals surface area contributed by atoms with E-state index in [1.165, 1.54) is 6.08 Å². The van der Waals surface area contributed by atoms with Crippen molar-refractivity contribution in [1.29, 1.82) is 0 Å². The number of esters is 1. The third-order valence-corrected chi connectivity index (χ3v) is 2.17. The van der Waals surface area contributed by atoms with E-state index in [1.807, 2.05) is 0 Å². The van der Waals surface area contributed by atoms with Crippen LogP contribution in [0.4, 0.5) is 0 Å². The Kier molecular flexibility index (Phi) is 4.32. The molecule has 1 rings (SSSR count). The van der Waals surface area contributed by atoms with Crippen LogP contribution in [0.2, 0.25) is 0 Å². The lowest BCUT2D eigenvalue weighted by Crippen LogP contribution is -2.38. The number of rotatable bonds is 4. The monoisotopic (exact) mass is 197 g/mol. The molecular formula is C10H15NO3. The molecule has 1 atom stereocenters. The van der Waals surface area contributed by atoms with E-state index in [-0.39, 0.29) is 30.7 Å². The lowest BCUT2D eigenvalue weighted by Gasteiger charge is -2.20. The average Bonchev–Trinajstić information content (AvgIpc) is 2.18. The van der Waals surface area contributed by atoms with E-state index in [1.54, 1.807) is 0 Å². The van der Waals surface area contributed by atoms with Gasteiger partial charge in [-0.2, -0.15) is 0 Å². The van der Waals surface area contributed by atoms with Crippen LogP contribution in [0.15, 0.2) is 12.7 Å². The molecule has 0 radical (unpaired) electrons. The Balaban J connectivity index is 2.30. The van der Waals surface area contributed by atoms with Gasteiger partial charge in [-0.25, -0.2) is 0 Å². The summed E-state index contributed by atoms with van der Waals surface area (Å²) in [6.07, 6.45) is 2.21. The van der Waals surface area contributed by atoms with Crippen molar-refractivity contribution in [3.05, 3.63) is 12.7 Å². The molecule has 0 saturated carbocycles. The van der Waals surface area contributed by atoms with Crippen LogP contribution in [-0.2, 0) is 14.3 Å². The van der Waals surface area contributed by atoms with Crippen molar-refractivity contribution in [3.8, 4) is 0 Å². The van der Waals surface area contributed by atoms with E-state index in [4.69, 9.17) is 4.74 Å². The number of Topliss-reactive ketones (excluding diaryl/α,β-unsaturated/α-hetero) is 1. The maximum atomic E-state index is 11.3. The molecule has 0 bridgehead atoms. The molecule has 0 aromatic heterocycles. The minimum absolute atomic E-state index is 0.152. The number of hydrogen-bond acceptors (Lipinski definition) is 4. The molecule has 0 aromatic rings. The predicted octanol–water partition coefficient (Wildman–Crippen LogP) is 0.284. The van der Waals surface area contributed by atoms with Crippen molar-refractivity contribution < 1.29 is 14.3 Å². The largest absolute Gasteiger partial charge is 0.461 e. The second kappa shape index (κ2) is 5.54. The minimum Gasteiger partial charge on any atom is -0.461 e. The Morgan fingerprint density at radius 2 is 2.50 bits per heavy atom. The van der Waals surface area contributed by atoms with Gasteiger partial charge in [-0.15, -0.1) is 0 Å². The Morgan fingerprint density at radius 1 is 1.71 bits per heavy atom. The molecule has 1 heterocycles. The average molecular weight is 197 g/mol. The van der Waals surface area contributed by atoms with E-state index < -0.39 is 0 Å². The molecule has 1 fully saturated rings. The van der Waals surface area contributed by atoms with Gasteiger partial charge in [0.25, 0.3) is 0 Å². The number of carbonyl (C=O) groups is 2. The molecule has 1 N–H and O–H groups in total. The van der Waals surface area contributed by atoms with Gasteiger partial charge in [0, 0.05) is 25.4 Å². The maximum absolute atomic E-state index is 11.3. The molecule has 1 unspecified atom stereocenters. The maximum Gasteiger partial charge on any atom is 0.306 e. The van der Waals surface area contributed by atoms with Crippen molar-refractivity contribution >= 4 is 11.8 Å². The highest BCUT2D eigenvalue weighted by atomic mass is 16.5. The zero-order valence-electron chi connectivity index (χ0n) is 8.12. The first-order valence-corrected chi connectivity index (χ1v) is 4.74. The summed E-state index contributed by atoms with van der Waals surface area (Å²) in [6, 6.07) is 0. The number of ketones is 1. The van der Waals surface area contributed by atoms with Crippen LogP contribution < -0.4 is 5.32 Å². The Morgan fingerprint density at radius 3 is 3.14 bits per heavy atom. The third-order valence-electron chi connectivity index (χ3n) is 2.17. The van der Waals surface area contributed by atoms with Gasteiger partial charge in [-0.1, -0.05) is 12.7 Å². The standard InChI is InChI=1S/C10H15NO3/c1-2-5-14-10(13)6-8-7-11-4-3-9(8)12/h2,8,11H,1,3-7H2. The Hall–Kier alpha value is -1.16. The second-order valence-electron chi connectivity index (χ2n) is 3.29. The fourth-order valence-corrected chi connectivity index (χ4v) is 1.40. The fraction of sp³-hybridized carbons (Fsp3) is 0.600. The highest BCUT2D eigenvalue weighted by molar-refractivity contribution is 5.86. The summed E-state index contributed by atoms with van der Waals surface area (Å²) >= 11 is 0. The quantitative estimate of drug-likeness (QED) is 0.519. The first kappa shape index (κ1) is 10.9. The first-order valence-electron chi connectivity index (χ1n) is 4.74. The van der Waals surface area contributed by atoms with E-state index >= 15 is 0 Å². The van der Waals surface area contributed by atoms with Gasteiger partial charge in [-0.05, 0) is 0 Å². The summed E-state index contributed by atoms with van der Waals surface area (Å²) in [4.78, 5) is 22.5. The van der Waals surface area contributed by atoms with Gasteiger partial charge in [0.05, 0.1) is 6.42 Å². The van der Waals surface area contributed by atoms with E-state index in [9.17, 15) is 9.59 Å². The fourth-order valence-electron chi connectivity index (χ4n) is 1.40. The summed E-state index contributed by atoms with van der Waals surface area (Å²) < 4.78 is 4.81. The summed E-state index contributed by atoms with van der Waals surface area (Å²) in [7, 11) is 0. The molecule has 4 heteroatoms. The number of hydrogen-bond donors (Lipinski definition) is 1. The van der Waals surface area contributed by atoms with Gasteiger partial charge >= 0.3 is 5.97 Å². The highest BCUT2D eigenvalue weighted by Gasteiger charge is 2.24. The lowest BCUT2D eigenvalue weighted by atomic mass is 9.95. The predicted molar refractivity (Wildman–Crippen MR) is 51.8 cm³/mol. The topological polar surface area (TPSA) is 55.4 Å². The number of piperidine rings is 1. The molecule has 0 aliphatic carbocycles. The smallest absolute Gasteiger partial charge is 0.306 e. The van der Waals surface area contributed by atoms with Crippen LogP contribution >= 0.6 is 0 Å². The SMILES string of the molecule is C=CCOC(=O)CC1CNCCC1=O. The van der Waals surface area contributed by atoms with Crippen molar-refractivity contribution in [2.45, 2.75) is 12.8 Å². The molecule has 1 saturated heterocycles. The van der Waals surface area contributed by atoms with Gasteiger partial charge in [0.1, 0.15) is 12.4 Å². The number of ether oxygens (including phenoxy) is 1. The minimum atomic E-state index is -0.327. The van der Waals surface area contributed by atoms with Crippen LogP contribution in [0.1, 0.15) is 12.8 Å². The zero-order chi connectivity index (χ0) is 10.4. The lowest BCUT2D eigenvalue weighted by molar-refractivity contribution is -0.145. The molecule has 1 aliphatic rings. The zero-order valence-corrected chi connectivity index (χ0v) is 8.12. The molecule has 4 nitrogen and oxygen atoms in total. The molecular weight excluding hydrogens is 182 g/mol. The first-order chi connectivity index (χ1) is 6.74. The molecule has 78 valence electrons. The van der Waals surface area contributed by atoms with E-state index in [2.05, 4.69) is 11.9 Å². The van der Waals surface area contributed by atoms with Crippen molar-refractivity contribution in [2.75, 3.05) is 19.7 Å². The van der Waals surface area contributed by atoms with Crippen LogP contribution in [0, 0.1) is 5.92 Å². The molecule has 0 aromatic carbocycles. The molecule has 0 spiro atoms. The van der Waals surface area contributed by atoms with Crippen molar-refractivity contribution in [3.63, 3.8) is 0 Å². The van der Waals surface area contributed by atoms with Crippen LogP contribution in [-0.4, -0.2) is 31.4 Å². The Bertz CT molecular complexity index is 238. The molecule has 0 amide bonds. The van der Waals surface area contributed by atoms with Gasteiger partial charge in [-0.3, -0.25) is 9.59 Å². The summed E-state index contributed by atoms with van der Waals surface area (Å²) in [5, 5.41) is 3.08. The van der Waals surface area contributed by atoms with Crippen LogP contribution in [0.3, 0.4) is 0 Å². The summed E-state index contributed by atoms with van der Waals surface area (Å²) in [5.41, 5.74) is 0.